The van der Waals surface area contributed by atoms with Crippen molar-refractivity contribution in [2.45, 2.75) is 57.0 Å². The molecule has 2 aliphatic rings. The highest BCUT2D eigenvalue weighted by Crippen LogP contribution is 2.28. The molecular formula is C17H33F3IN5O2S. The Bertz CT molecular complexity index is 603. The van der Waals surface area contributed by atoms with E-state index in [9.17, 15) is 21.6 Å². The number of aliphatic imine (C=N–C) groups is 1. The summed E-state index contributed by atoms with van der Waals surface area (Å²) >= 11 is 0. The Morgan fingerprint density at radius 1 is 1.07 bits per heavy atom. The predicted molar refractivity (Wildman–Crippen MR) is 119 cm³/mol. The lowest BCUT2D eigenvalue weighted by atomic mass is 10.1. The molecule has 0 atom stereocenters. The third-order valence-corrected chi connectivity index (χ3v) is 6.79. The van der Waals surface area contributed by atoms with E-state index >= 15 is 0 Å². The van der Waals surface area contributed by atoms with Crippen molar-refractivity contribution in [3.63, 3.8) is 0 Å². The molecule has 0 aliphatic carbocycles. The van der Waals surface area contributed by atoms with Crippen molar-refractivity contribution in [2.75, 3.05) is 45.8 Å². The highest BCUT2D eigenvalue weighted by molar-refractivity contribution is 14.0. The van der Waals surface area contributed by atoms with Crippen LogP contribution in [0.15, 0.2) is 4.99 Å². The SMILES string of the molecule is CCNC(=NCCN1CCCCCC1)NC1CCN(S(=O)(=O)C(F)(F)F)CC1.I. The van der Waals surface area contributed by atoms with E-state index in [0.717, 1.165) is 19.6 Å². The van der Waals surface area contributed by atoms with Crippen LogP contribution in [0.5, 0.6) is 0 Å². The first kappa shape index (κ1) is 26.7. The van der Waals surface area contributed by atoms with Gasteiger partial charge in [0.15, 0.2) is 5.96 Å². The van der Waals surface area contributed by atoms with Gasteiger partial charge in [-0.1, -0.05) is 12.8 Å². The standard InChI is InChI=1S/C17H32F3N5O2S.HI/c1-2-21-16(22-9-14-24-10-5-3-4-6-11-24)23-15-7-12-25(13-8-15)28(26,27)17(18,19)20;/h15H,2-14H2,1H3,(H2,21,22,23);1H. The quantitative estimate of drug-likeness (QED) is 0.299. The Labute approximate surface area is 188 Å². The van der Waals surface area contributed by atoms with Gasteiger partial charge in [0, 0.05) is 32.2 Å². The summed E-state index contributed by atoms with van der Waals surface area (Å²) in [5.41, 5.74) is -5.24. The van der Waals surface area contributed by atoms with Crippen LogP contribution in [0, 0.1) is 0 Å². The second-order valence-corrected chi connectivity index (χ2v) is 9.21. The molecule has 0 unspecified atom stereocenters. The first-order valence-electron chi connectivity index (χ1n) is 10.1. The molecule has 29 heavy (non-hydrogen) atoms. The molecule has 2 saturated heterocycles. The summed E-state index contributed by atoms with van der Waals surface area (Å²) in [7, 11) is -5.24. The lowest BCUT2D eigenvalue weighted by Crippen LogP contribution is -2.51. The lowest BCUT2D eigenvalue weighted by molar-refractivity contribution is -0.0494. The van der Waals surface area contributed by atoms with E-state index in [-0.39, 0.29) is 43.1 Å². The molecule has 0 amide bonds. The number of halogens is 4. The van der Waals surface area contributed by atoms with Crippen LogP contribution < -0.4 is 10.6 Å². The molecule has 0 aromatic carbocycles. The number of alkyl halides is 3. The normalized spacial score (nSPS) is 21.3. The van der Waals surface area contributed by atoms with Crippen LogP contribution in [-0.4, -0.2) is 80.9 Å². The van der Waals surface area contributed by atoms with Gasteiger partial charge in [-0.15, -0.1) is 24.0 Å². The first-order chi connectivity index (χ1) is 13.2. The van der Waals surface area contributed by atoms with Gasteiger partial charge in [-0.3, -0.25) is 4.99 Å². The van der Waals surface area contributed by atoms with Crippen LogP contribution in [0.25, 0.3) is 0 Å². The van der Waals surface area contributed by atoms with Gasteiger partial charge in [0.1, 0.15) is 0 Å². The van der Waals surface area contributed by atoms with E-state index in [0.29, 0.717) is 36.2 Å². The zero-order chi connectivity index (χ0) is 20.6. The van der Waals surface area contributed by atoms with Crippen LogP contribution in [0.4, 0.5) is 13.2 Å². The molecule has 0 radical (unpaired) electrons. The zero-order valence-electron chi connectivity index (χ0n) is 16.9. The Kier molecular flexibility index (Phi) is 11.5. The maximum atomic E-state index is 12.7. The highest BCUT2D eigenvalue weighted by atomic mass is 127. The fourth-order valence-electron chi connectivity index (χ4n) is 3.56. The number of nitrogens with zero attached hydrogens (tertiary/aromatic N) is 3. The zero-order valence-corrected chi connectivity index (χ0v) is 20.0. The molecule has 12 heteroatoms. The van der Waals surface area contributed by atoms with E-state index in [1.54, 1.807) is 0 Å². The molecule has 172 valence electrons. The van der Waals surface area contributed by atoms with Gasteiger partial charge in [0.25, 0.3) is 0 Å². The predicted octanol–water partition coefficient (Wildman–Crippen LogP) is 2.35. The average molecular weight is 555 g/mol. The molecule has 2 aliphatic heterocycles. The Morgan fingerprint density at radius 2 is 1.66 bits per heavy atom. The number of rotatable bonds is 6. The molecule has 0 bridgehead atoms. The third kappa shape index (κ3) is 8.37. The number of piperidine rings is 1. The van der Waals surface area contributed by atoms with Gasteiger partial charge in [-0.25, -0.2) is 8.42 Å². The van der Waals surface area contributed by atoms with Crippen LogP contribution in [0.1, 0.15) is 45.4 Å². The maximum Gasteiger partial charge on any atom is 0.511 e. The van der Waals surface area contributed by atoms with Crippen molar-refractivity contribution in [1.82, 2.24) is 19.8 Å². The Balaban J connectivity index is 0.00000420. The van der Waals surface area contributed by atoms with E-state index in [2.05, 4.69) is 20.5 Å². The molecule has 0 saturated carbocycles. The van der Waals surface area contributed by atoms with Gasteiger partial charge in [0.2, 0.25) is 0 Å². The monoisotopic (exact) mass is 555 g/mol. The lowest BCUT2D eigenvalue weighted by Gasteiger charge is -2.32. The summed E-state index contributed by atoms with van der Waals surface area (Å²) < 4.78 is 61.5. The number of sulfonamides is 1. The largest absolute Gasteiger partial charge is 0.511 e. The van der Waals surface area contributed by atoms with Gasteiger partial charge < -0.3 is 15.5 Å². The van der Waals surface area contributed by atoms with Crippen molar-refractivity contribution in [3.8, 4) is 0 Å². The molecule has 7 nitrogen and oxygen atoms in total. The molecule has 2 fully saturated rings. The molecule has 0 aromatic heterocycles. The highest BCUT2D eigenvalue weighted by Gasteiger charge is 2.50. The number of likely N-dealkylation sites (tertiary alicyclic amines) is 1. The van der Waals surface area contributed by atoms with Crippen molar-refractivity contribution in [2.24, 2.45) is 4.99 Å². The molecule has 2 rings (SSSR count). The van der Waals surface area contributed by atoms with Crippen LogP contribution in [0.3, 0.4) is 0 Å². The van der Waals surface area contributed by atoms with Gasteiger partial charge in [0.05, 0.1) is 6.54 Å². The third-order valence-electron chi connectivity index (χ3n) is 5.16. The van der Waals surface area contributed by atoms with Gasteiger partial charge >= 0.3 is 15.5 Å². The van der Waals surface area contributed by atoms with Crippen LogP contribution >= 0.6 is 24.0 Å². The van der Waals surface area contributed by atoms with Crippen LogP contribution in [0.2, 0.25) is 0 Å². The minimum Gasteiger partial charge on any atom is -0.357 e. The maximum absolute atomic E-state index is 12.7. The van der Waals surface area contributed by atoms with E-state index in [1.807, 2.05) is 6.92 Å². The van der Waals surface area contributed by atoms with Crippen molar-refractivity contribution < 1.29 is 21.6 Å². The molecule has 0 spiro atoms. The molecular weight excluding hydrogens is 522 g/mol. The number of guanidine groups is 1. The Hall–Kier alpha value is -0.340. The topological polar surface area (TPSA) is 77.0 Å². The smallest absolute Gasteiger partial charge is 0.357 e. The minimum atomic E-state index is -5.24. The molecule has 2 heterocycles. The number of hydrogen-bond donors (Lipinski definition) is 2. The second-order valence-electron chi connectivity index (χ2n) is 7.28. The fraction of sp³-hybridized carbons (Fsp3) is 0.941. The summed E-state index contributed by atoms with van der Waals surface area (Å²) in [4.78, 5) is 7.00. The number of nitrogens with one attached hydrogen (secondary N) is 2. The van der Waals surface area contributed by atoms with E-state index in [4.69, 9.17) is 0 Å². The van der Waals surface area contributed by atoms with E-state index < -0.39 is 15.5 Å². The summed E-state index contributed by atoms with van der Waals surface area (Å²) in [6.07, 6.45) is 5.64. The van der Waals surface area contributed by atoms with Crippen LogP contribution in [-0.2, 0) is 10.0 Å². The van der Waals surface area contributed by atoms with E-state index in [1.165, 1.54) is 25.7 Å². The summed E-state index contributed by atoms with van der Waals surface area (Å²) in [5, 5.41) is 6.39. The van der Waals surface area contributed by atoms with Crippen molar-refractivity contribution >= 4 is 40.0 Å². The molecule has 2 N–H and O–H groups in total. The summed E-state index contributed by atoms with van der Waals surface area (Å²) in [5.74, 6) is 0.634. The van der Waals surface area contributed by atoms with Crippen molar-refractivity contribution in [1.29, 1.82) is 0 Å². The average Bonchev–Trinajstić information content (AvgIpc) is 2.90. The second kappa shape index (κ2) is 12.5. The summed E-state index contributed by atoms with van der Waals surface area (Å²) in [6.45, 7) is 6.08. The fourth-order valence-corrected chi connectivity index (χ4v) is 4.55. The van der Waals surface area contributed by atoms with Gasteiger partial charge in [-0.2, -0.15) is 17.5 Å². The first-order valence-corrected chi connectivity index (χ1v) is 11.5. The minimum absolute atomic E-state index is 0. The van der Waals surface area contributed by atoms with Gasteiger partial charge in [-0.05, 0) is 45.7 Å². The molecule has 0 aromatic rings. The van der Waals surface area contributed by atoms with Crippen molar-refractivity contribution in [3.05, 3.63) is 0 Å². The summed E-state index contributed by atoms with van der Waals surface area (Å²) in [6, 6.07) is -0.101. The number of hydrogen-bond acceptors (Lipinski definition) is 4. The Morgan fingerprint density at radius 3 is 2.17 bits per heavy atom.